The Kier molecular flexibility index (Phi) is 6.23. The van der Waals surface area contributed by atoms with Crippen molar-refractivity contribution in [2.75, 3.05) is 49.5 Å². The second-order valence-electron chi connectivity index (χ2n) is 7.60. The first-order valence-corrected chi connectivity index (χ1v) is 10.4. The number of carbonyl (C=O) groups is 1. The number of ether oxygens (including phenoxy) is 1. The van der Waals surface area contributed by atoms with Gasteiger partial charge in [0.15, 0.2) is 0 Å². The van der Waals surface area contributed by atoms with E-state index < -0.39 is 6.10 Å². The van der Waals surface area contributed by atoms with Crippen LogP contribution in [0.4, 0.5) is 11.4 Å². The molecule has 1 atom stereocenters. The third-order valence-corrected chi connectivity index (χ3v) is 5.66. The first kappa shape index (κ1) is 20.0. The lowest BCUT2D eigenvalue weighted by molar-refractivity contribution is -0.116. The number of hydrogen-bond donors (Lipinski definition) is 2. The molecule has 1 amide bonds. The van der Waals surface area contributed by atoms with Gasteiger partial charge < -0.3 is 20.1 Å². The smallest absolute Gasteiger partial charge is 0.224 e. The monoisotopic (exact) mass is 415 g/mol. The minimum Gasteiger partial charge on any atom is -0.491 e. The molecule has 2 aromatic carbocycles. The van der Waals surface area contributed by atoms with Crippen molar-refractivity contribution < 1.29 is 14.6 Å². The summed E-state index contributed by atoms with van der Waals surface area (Å²) < 4.78 is 5.79. The van der Waals surface area contributed by atoms with E-state index in [0.29, 0.717) is 13.0 Å². The molecule has 0 radical (unpaired) electrons. The van der Waals surface area contributed by atoms with Crippen LogP contribution >= 0.6 is 11.6 Å². The summed E-state index contributed by atoms with van der Waals surface area (Å²) in [5.41, 5.74) is 3.07. The molecule has 0 aromatic heterocycles. The lowest BCUT2D eigenvalue weighted by Crippen LogP contribution is -2.49. The van der Waals surface area contributed by atoms with Crippen LogP contribution in [-0.2, 0) is 11.2 Å². The molecule has 7 heteroatoms. The van der Waals surface area contributed by atoms with Crippen LogP contribution in [0.1, 0.15) is 12.0 Å². The minimum atomic E-state index is -0.552. The molecule has 6 nitrogen and oxygen atoms in total. The zero-order chi connectivity index (χ0) is 20.2. The predicted octanol–water partition coefficient (Wildman–Crippen LogP) is 2.79. The summed E-state index contributed by atoms with van der Waals surface area (Å²) in [5.74, 6) is 0.779. The fourth-order valence-corrected chi connectivity index (χ4v) is 4.04. The molecular formula is C22H26ClN3O3. The molecule has 29 heavy (non-hydrogen) atoms. The number of benzene rings is 2. The van der Waals surface area contributed by atoms with Crippen molar-refractivity contribution in [2.24, 2.45) is 0 Å². The second-order valence-corrected chi connectivity index (χ2v) is 8.04. The average molecular weight is 416 g/mol. The minimum absolute atomic E-state index is 0.0528. The number of carbonyl (C=O) groups excluding carboxylic acids is 1. The Labute approximate surface area is 176 Å². The van der Waals surface area contributed by atoms with E-state index in [1.54, 1.807) is 0 Å². The number of piperazine rings is 1. The van der Waals surface area contributed by atoms with Gasteiger partial charge in [0.25, 0.3) is 0 Å². The molecule has 4 rings (SSSR count). The van der Waals surface area contributed by atoms with Crippen molar-refractivity contribution in [1.29, 1.82) is 0 Å². The Hall–Kier alpha value is -2.28. The second kappa shape index (κ2) is 9.03. The number of rotatable bonds is 6. The van der Waals surface area contributed by atoms with Gasteiger partial charge >= 0.3 is 0 Å². The van der Waals surface area contributed by atoms with Crippen LogP contribution in [0.2, 0.25) is 5.02 Å². The topological polar surface area (TPSA) is 65.0 Å². The third kappa shape index (κ3) is 5.21. The Bertz CT molecular complexity index is 868. The van der Waals surface area contributed by atoms with Gasteiger partial charge in [-0.15, -0.1) is 0 Å². The van der Waals surface area contributed by atoms with Gasteiger partial charge in [0.2, 0.25) is 5.91 Å². The average Bonchev–Trinajstić information content (AvgIpc) is 2.73. The normalized spacial score (nSPS) is 18.1. The first-order valence-electron chi connectivity index (χ1n) is 10.0. The number of anilines is 2. The molecule has 0 aliphatic carbocycles. The van der Waals surface area contributed by atoms with Gasteiger partial charge in [0.05, 0.1) is 0 Å². The number of amides is 1. The summed E-state index contributed by atoms with van der Waals surface area (Å²) in [7, 11) is 0. The number of halogens is 1. The van der Waals surface area contributed by atoms with E-state index in [1.807, 2.05) is 36.4 Å². The van der Waals surface area contributed by atoms with Crippen LogP contribution in [0.15, 0.2) is 42.5 Å². The molecule has 2 N–H and O–H groups in total. The van der Waals surface area contributed by atoms with Crippen molar-refractivity contribution in [2.45, 2.75) is 18.9 Å². The summed E-state index contributed by atoms with van der Waals surface area (Å²) in [6.07, 6.45) is 0.668. The van der Waals surface area contributed by atoms with Gasteiger partial charge in [-0.25, -0.2) is 0 Å². The Morgan fingerprint density at radius 3 is 2.72 bits per heavy atom. The van der Waals surface area contributed by atoms with Crippen molar-refractivity contribution >= 4 is 28.9 Å². The van der Waals surface area contributed by atoms with E-state index in [9.17, 15) is 9.90 Å². The third-order valence-electron chi connectivity index (χ3n) is 5.43. The molecule has 2 aliphatic rings. The van der Waals surface area contributed by atoms with Crippen LogP contribution in [0.5, 0.6) is 5.75 Å². The van der Waals surface area contributed by atoms with Gasteiger partial charge in [-0.2, -0.15) is 0 Å². The highest BCUT2D eigenvalue weighted by molar-refractivity contribution is 6.30. The predicted molar refractivity (Wildman–Crippen MR) is 115 cm³/mol. The molecule has 0 bridgehead atoms. The number of aliphatic hydroxyl groups is 1. The summed E-state index contributed by atoms with van der Waals surface area (Å²) in [6.45, 7) is 4.43. The number of aliphatic hydroxyl groups excluding tert-OH is 1. The van der Waals surface area contributed by atoms with Gasteiger partial charge in [-0.1, -0.05) is 17.7 Å². The number of β-amino-alcohol motifs (C(OH)–C–C–N with tert-alkyl or cyclic N) is 1. The van der Waals surface area contributed by atoms with E-state index in [1.165, 1.54) is 0 Å². The maximum Gasteiger partial charge on any atom is 0.224 e. The van der Waals surface area contributed by atoms with Gasteiger partial charge in [0.1, 0.15) is 18.5 Å². The lowest BCUT2D eigenvalue weighted by Gasteiger charge is -2.36. The summed E-state index contributed by atoms with van der Waals surface area (Å²) >= 11 is 6.09. The highest BCUT2D eigenvalue weighted by Crippen LogP contribution is 2.27. The molecular weight excluding hydrogens is 390 g/mol. The van der Waals surface area contributed by atoms with Gasteiger partial charge in [-0.3, -0.25) is 9.69 Å². The molecule has 1 saturated heterocycles. The van der Waals surface area contributed by atoms with Crippen LogP contribution in [-0.4, -0.2) is 61.3 Å². The molecule has 1 fully saturated rings. The van der Waals surface area contributed by atoms with E-state index in [4.69, 9.17) is 16.3 Å². The van der Waals surface area contributed by atoms with Crippen molar-refractivity contribution in [3.05, 3.63) is 53.1 Å². The largest absolute Gasteiger partial charge is 0.491 e. The standard InChI is InChI=1S/C22H26ClN3O3/c23-17-2-1-3-18(13-17)26-10-8-25(9-11-26)14-19(27)15-29-20-5-6-21-16(12-20)4-7-22(28)24-21/h1-3,5-6,12-13,19,27H,4,7-11,14-15H2,(H,24,28)/t19-/m0/s1. The molecule has 0 unspecified atom stereocenters. The van der Waals surface area contributed by atoms with Crippen LogP contribution < -0.4 is 15.0 Å². The lowest BCUT2D eigenvalue weighted by atomic mass is 10.0. The van der Waals surface area contributed by atoms with Crippen LogP contribution in [0.3, 0.4) is 0 Å². The van der Waals surface area contributed by atoms with Crippen LogP contribution in [0, 0.1) is 0 Å². The number of fused-ring (bicyclic) bond motifs is 1. The van der Waals surface area contributed by atoms with Gasteiger partial charge in [-0.05, 0) is 48.4 Å². The Morgan fingerprint density at radius 1 is 1.10 bits per heavy atom. The van der Waals surface area contributed by atoms with Gasteiger partial charge in [0, 0.05) is 55.5 Å². The molecule has 0 spiro atoms. The van der Waals surface area contributed by atoms with Crippen molar-refractivity contribution in [3.63, 3.8) is 0 Å². The molecule has 2 aromatic rings. The number of aryl methyl sites for hydroxylation is 1. The molecule has 2 aliphatic heterocycles. The molecule has 154 valence electrons. The first-order chi connectivity index (χ1) is 14.1. The van der Waals surface area contributed by atoms with Crippen LogP contribution in [0.25, 0.3) is 0 Å². The number of nitrogens with zero attached hydrogens (tertiary/aromatic N) is 2. The summed E-state index contributed by atoms with van der Waals surface area (Å²) in [5, 5.41) is 14.0. The van der Waals surface area contributed by atoms with Crippen molar-refractivity contribution in [3.8, 4) is 5.75 Å². The summed E-state index contributed by atoms with van der Waals surface area (Å²) in [6, 6.07) is 13.6. The zero-order valence-electron chi connectivity index (χ0n) is 16.3. The van der Waals surface area contributed by atoms with E-state index in [2.05, 4.69) is 21.2 Å². The fourth-order valence-electron chi connectivity index (χ4n) is 3.85. The quantitative estimate of drug-likeness (QED) is 0.759. The van der Waals surface area contributed by atoms with E-state index >= 15 is 0 Å². The van der Waals surface area contributed by atoms with E-state index in [-0.39, 0.29) is 12.5 Å². The molecule has 2 heterocycles. The highest BCUT2D eigenvalue weighted by atomic mass is 35.5. The van der Waals surface area contributed by atoms with E-state index in [0.717, 1.165) is 60.3 Å². The fraction of sp³-hybridized carbons (Fsp3) is 0.409. The number of hydrogen-bond acceptors (Lipinski definition) is 5. The van der Waals surface area contributed by atoms with Crippen molar-refractivity contribution in [1.82, 2.24) is 4.90 Å². The summed E-state index contributed by atoms with van der Waals surface area (Å²) in [4.78, 5) is 16.0. The Morgan fingerprint density at radius 2 is 1.93 bits per heavy atom. The SMILES string of the molecule is O=C1CCc2cc(OC[C@@H](O)CN3CCN(c4cccc(Cl)c4)CC3)ccc2N1. The maximum absolute atomic E-state index is 11.4. The molecule has 0 saturated carbocycles. The number of nitrogens with one attached hydrogen (secondary N) is 1. The maximum atomic E-state index is 11.4. The highest BCUT2D eigenvalue weighted by Gasteiger charge is 2.20. The zero-order valence-corrected chi connectivity index (χ0v) is 17.1. The Balaban J connectivity index is 1.22.